The molecular weight excluding hydrogens is 444 g/mol. The van der Waals surface area contributed by atoms with Crippen LogP contribution >= 0.6 is 15.9 Å². The van der Waals surface area contributed by atoms with Gasteiger partial charge < -0.3 is 4.74 Å². The van der Waals surface area contributed by atoms with Gasteiger partial charge in [0.25, 0.3) is 0 Å². The highest BCUT2D eigenvalue weighted by Crippen LogP contribution is 2.62. The zero-order valence-electron chi connectivity index (χ0n) is 16.6. The fourth-order valence-corrected chi connectivity index (χ4v) is 5.90. The van der Waals surface area contributed by atoms with E-state index in [4.69, 9.17) is 4.74 Å². The van der Waals surface area contributed by atoms with Crippen molar-refractivity contribution in [2.75, 3.05) is 0 Å². The zero-order valence-corrected chi connectivity index (χ0v) is 18.2. The third kappa shape index (κ3) is 2.15. The molecule has 0 radical (unpaired) electrons. The van der Waals surface area contributed by atoms with Crippen LogP contribution in [0.3, 0.4) is 0 Å². The average molecular weight is 461 g/mol. The smallest absolute Gasteiger partial charge is 0.133 e. The van der Waals surface area contributed by atoms with Gasteiger partial charge in [-0.1, -0.05) is 88.7 Å². The quantitative estimate of drug-likeness (QED) is 0.222. The van der Waals surface area contributed by atoms with Gasteiger partial charge in [-0.15, -0.1) is 0 Å². The molecule has 1 nitrogen and oxygen atoms in total. The van der Waals surface area contributed by atoms with Crippen molar-refractivity contribution in [1.29, 1.82) is 0 Å². The van der Waals surface area contributed by atoms with Gasteiger partial charge in [0, 0.05) is 15.6 Å². The monoisotopic (exact) mass is 460 g/mol. The van der Waals surface area contributed by atoms with Crippen LogP contribution in [-0.2, 0) is 5.41 Å². The Bertz CT molecular complexity index is 1530. The van der Waals surface area contributed by atoms with E-state index in [0.717, 1.165) is 16.0 Å². The van der Waals surface area contributed by atoms with Crippen LogP contribution in [0.5, 0.6) is 11.5 Å². The number of rotatable bonds is 0. The highest BCUT2D eigenvalue weighted by atomic mass is 79.9. The molecule has 5 aromatic carbocycles. The van der Waals surface area contributed by atoms with E-state index >= 15 is 0 Å². The maximum Gasteiger partial charge on any atom is 0.133 e. The molecule has 1 atom stereocenters. The molecule has 0 saturated heterocycles. The standard InChI is InChI=1S/C29H17BrO/c30-20-13-14-25-28(17-20)31-27-12-6-5-11-24(27)29(25)23-10-4-3-9-21(23)22-15-18-7-1-2-8-19(18)16-26(22)29/h1-17H. The number of hydrogen-bond acceptors (Lipinski definition) is 1. The van der Waals surface area contributed by atoms with E-state index in [0.29, 0.717) is 0 Å². The SMILES string of the molecule is Brc1ccc2c(c1)Oc1ccccc1C21c2ccccc2-c2cc3ccccc3cc21. The first kappa shape index (κ1) is 17.3. The maximum atomic E-state index is 6.43. The summed E-state index contributed by atoms with van der Waals surface area (Å²) in [5.74, 6) is 1.83. The number of para-hydroxylation sites is 1. The first-order valence-electron chi connectivity index (χ1n) is 10.5. The second-order valence-electron chi connectivity index (χ2n) is 8.28. The van der Waals surface area contributed by atoms with Crippen LogP contribution in [0, 0.1) is 0 Å². The van der Waals surface area contributed by atoms with Crippen molar-refractivity contribution in [3.05, 3.63) is 130 Å². The first-order valence-corrected chi connectivity index (χ1v) is 11.3. The van der Waals surface area contributed by atoms with E-state index < -0.39 is 5.41 Å². The molecule has 2 heteroatoms. The maximum absolute atomic E-state index is 6.43. The largest absolute Gasteiger partial charge is 0.457 e. The summed E-state index contributed by atoms with van der Waals surface area (Å²) < 4.78 is 7.45. The molecule has 146 valence electrons. The van der Waals surface area contributed by atoms with E-state index in [9.17, 15) is 0 Å². The molecule has 1 heterocycles. The normalized spacial score (nSPS) is 17.6. The minimum absolute atomic E-state index is 0.402. The van der Waals surface area contributed by atoms with Crippen molar-refractivity contribution >= 4 is 26.7 Å². The zero-order chi connectivity index (χ0) is 20.6. The van der Waals surface area contributed by atoms with Gasteiger partial charge in [-0.3, -0.25) is 0 Å². The van der Waals surface area contributed by atoms with Gasteiger partial charge in [-0.05, 0) is 63.4 Å². The molecule has 0 amide bonds. The Hall–Kier alpha value is -3.36. The van der Waals surface area contributed by atoms with Crippen LogP contribution in [0.1, 0.15) is 22.3 Å². The lowest BCUT2D eigenvalue weighted by Gasteiger charge is -2.39. The number of benzene rings is 5. The third-order valence-corrected chi connectivity index (χ3v) is 7.26. The van der Waals surface area contributed by atoms with E-state index in [1.54, 1.807) is 0 Å². The van der Waals surface area contributed by atoms with Crippen LogP contribution in [0.2, 0.25) is 0 Å². The van der Waals surface area contributed by atoms with Crippen molar-refractivity contribution in [1.82, 2.24) is 0 Å². The summed E-state index contributed by atoms with van der Waals surface area (Å²) >= 11 is 3.64. The van der Waals surface area contributed by atoms with Gasteiger partial charge in [0.1, 0.15) is 11.5 Å². The van der Waals surface area contributed by atoms with E-state index in [-0.39, 0.29) is 0 Å². The predicted molar refractivity (Wildman–Crippen MR) is 129 cm³/mol. The van der Waals surface area contributed by atoms with Crippen molar-refractivity contribution in [2.24, 2.45) is 0 Å². The summed E-state index contributed by atoms with van der Waals surface area (Å²) in [7, 11) is 0. The van der Waals surface area contributed by atoms with Gasteiger partial charge in [-0.25, -0.2) is 0 Å². The molecule has 0 saturated carbocycles. The third-order valence-electron chi connectivity index (χ3n) is 6.77. The summed E-state index contributed by atoms with van der Waals surface area (Å²) in [5, 5.41) is 2.53. The summed E-state index contributed by atoms with van der Waals surface area (Å²) in [4.78, 5) is 0. The molecule has 1 aliphatic heterocycles. The predicted octanol–water partition coefficient (Wildman–Crippen LogP) is 8.07. The fraction of sp³-hybridized carbons (Fsp3) is 0.0345. The lowest BCUT2D eigenvalue weighted by atomic mass is 9.66. The van der Waals surface area contributed by atoms with Crippen LogP contribution in [0.15, 0.2) is 108 Å². The number of halogens is 1. The second-order valence-corrected chi connectivity index (χ2v) is 9.19. The van der Waals surface area contributed by atoms with Crippen molar-refractivity contribution in [3.8, 4) is 22.6 Å². The Morgan fingerprint density at radius 1 is 0.516 bits per heavy atom. The molecule has 2 aliphatic rings. The molecule has 1 spiro atoms. The highest BCUT2D eigenvalue weighted by molar-refractivity contribution is 9.10. The average Bonchev–Trinajstić information content (AvgIpc) is 3.08. The summed E-state index contributed by atoms with van der Waals surface area (Å²) in [6, 6.07) is 37.1. The Morgan fingerprint density at radius 2 is 1.19 bits per heavy atom. The molecule has 0 bridgehead atoms. The number of ether oxygens (including phenoxy) is 1. The number of hydrogen-bond donors (Lipinski definition) is 0. The van der Waals surface area contributed by atoms with Gasteiger partial charge in [-0.2, -0.15) is 0 Å². The second kappa shape index (κ2) is 6.09. The Morgan fingerprint density at radius 3 is 2.06 bits per heavy atom. The Balaban J connectivity index is 1.72. The van der Waals surface area contributed by atoms with Crippen LogP contribution in [0.25, 0.3) is 21.9 Å². The minimum atomic E-state index is -0.402. The van der Waals surface area contributed by atoms with E-state index in [1.165, 1.54) is 44.2 Å². The van der Waals surface area contributed by atoms with Gasteiger partial charge in [0.15, 0.2) is 0 Å². The topological polar surface area (TPSA) is 9.23 Å². The highest BCUT2D eigenvalue weighted by Gasteiger charge is 2.51. The van der Waals surface area contributed by atoms with Crippen molar-refractivity contribution < 1.29 is 4.74 Å². The lowest BCUT2D eigenvalue weighted by Crippen LogP contribution is -2.32. The van der Waals surface area contributed by atoms with Gasteiger partial charge in [0.05, 0.1) is 5.41 Å². The molecule has 0 fully saturated rings. The van der Waals surface area contributed by atoms with Gasteiger partial charge in [0.2, 0.25) is 0 Å². The molecule has 31 heavy (non-hydrogen) atoms. The van der Waals surface area contributed by atoms with E-state index in [1.807, 2.05) is 0 Å². The fourth-order valence-electron chi connectivity index (χ4n) is 5.56. The molecule has 7 rings (SSSR count). The van der Waals surface area contributed by atoms with E-state index in [2.05, 4.69) is 119 Å². The van der Waals surface area contributed by atoms with Crippen molar-refractivity contribution in [2.45, 2.75) is 5.41 Å². The lowest BCUT2D eigenvalue weighted by molar-refractivity contribution is 0.436. The van der Waals surface area contributed by atoms with Crippen LogP contribution < -0.4 is 4.74 Å². The molecule has 0 N–H and O–H groups in total. The van der Waals surface area contributed by atoms with Crippen LogP contribution in [0.4, 0.5) is 0 Å². The molecule has 5 aromatic rings. The summed E-state index contributed by atoms with van der Waals surface area (Å²) in [5.41, 5.74) is 7.24. The van der Waals surface area contributed by atoms with Crippen LogP contribution in [-0.4, -0.2) is 0 Å². The minimum Gasteiger partial charge on any atom is -0.457 e. The van der Waals surface area contributed by atoms with Crippen molar-refractivity contribution in [3.63, 3.8) is 0 Å². The molecule has 1 unspecified atom stereocenters. The first-order chi connectivity index (χ1) is 15.3. The summed E-state index contributed by atoms with van der Waals surface area (Å²) in [6.07, 6.45) is 0. The Kier molecular flexibility index (Phi) is 3.40. The number of fused-ring (bicyclic) bond motifs is 10. The van der Waals surface area contributed by atoms with Gasteiger partial charge >= 0.3 is 0 Å². The summed E-state index contributed by atoms with van der Waals surface area (Å²) in [6.45, 7) is 0. The molecule has 0 aromatic heterocycles. The molecule has 1 aliphatic carbocycles. The molecular formula is C29H17BrO. The Labute approximate surface area is 189 Å².